The van der Waals surface area contributed by atoms with Crippen molar-refractivity contribution in [2.45, 2.75) is 0 Å². The van der Waals surface area contributed by atoms with Gasteiger partial charge in [-0.05, 0) is 18.2 Å². The van der Waals surface area contributed by atoms with Gasteiger partial charge >= 0.3 is 0 Å². The zero-order valence-corrected chi connectivity index (χ0v) is 9.82. The fourth-order valence-corrected chi connectivity index (χ4v) is 2.40. The molecule has 90 valence electrons. The van der Waals surface area contributed by atoms with Crippen molar-refractivity contribution in [2.75, 3.05) is 31.2 Å². The molecule has 1 aliphatic heterocycles. The largest absolute Gasteiger partial charge is 0.378 e. The van der Waals surface area contributed by atoms with E-state index in [4.69, 9.17) is 4.74 Å². The molecule has 1 aromatic heterocycles. The number of hydrogen-bond acceptors (Lipinski definition) is 2. The van der Waals surface area contributed by atoms with Gasteiger partial charge in [-0.25, -0.2) is 4.39 Å². The van der Waals surface area contributed by atoms with Gasteiger partial charge in [-0.2, -0.15) is 0 Å². The molecule has 0 N–H and O–H groups in total. The molecule has 1 saturated heterocycles. The highest BCUT2D eigenvalue weighted by atomic mass is 19.1. The van der Waals surface area contributed by atoms with Crippen LogP contribution in [-0.2, 0) is 11.8 Å². The van der Waals surface area contributed by atoms with Gasteiger partial charge in [0.15, 0.2) is 0 Å². The van der Waals surface area contributed by atoms with Crippen LogP contribution >= 0.6 is 0 Å². The molecule has 0 atom stereocenters. The second kappa shape index (κ2) is 4.04. The summed E-state index contributed by atoms with van der Waals surface area (Å²) >= 11 is 0. The highest BCUT2D eigenvalue weighted by molar-refractivity contribution is 5.93. The van der Waals surface area contributed by atoms with E-state index in [0.717, 1.165) is 42.9 Å². The Balaban J connectivity index is 2.11. The molecular formula is C13H15FN2O. The lowest BCUT2D eigenvalue weighted by Gasteiger charge is -2.28. The van der Waals surface area contributed by atoms with Gasteiger partial charge in [0.25, 0.3) is 0 Å². The summed E-state index contributed by atoms with van der Waals surface area (Å²) in [5.74, 6) is -0.182. The Kier molecular flexibility index (Phi) is 2.52. The number of benzene rings is 1. The molecule has 0 radical (unpaired) electrons. The van der Waals surface area contributed by atoms with E-state index in [1.807, 2.05) is 17.7 Å². The first-order valence-corrected chi connectivity index (χ1v) is 5.83. The van der Waals surface area contributed by atoms with Crippen molar-refractivity contribution in [1.29, 1.82) is 0 Å². The smallest absolute Gasteiger partial charge is 0.124 e. The van der Waals surface area contributed by atoms with Gasteiger partial charge in [0, 0.05) is 31.7 Å². The second-order valence-electron chi connectivity index (χ2n) is 4.39. The first-order valence-electron chi connectivity index (χ1n) is 5.83. The van der Waals surface area contributed by atoms with Gasteiger partial charge in [0.2, 0.25) is 0 Å². The maximum absolute atomic E-state index is 13.3. The molecule has 2 heterocycles. The van der Waals surface area contributed by atoms with Crippen LogP contribution in [0.2, 0.25) is 0 Å². The summed E-state index contributed by atoms with van der Waals surface area (Å²) in [7, 11) is 1.99. The third kappa shape index (κ3) is 1.78. The van der Waals surface area contributed by atoms with Crippen LogP contribution in [0.3, 0.4) is 0 Å². The molecule has 0 bridgehead atoms. The summed E-state index contributed by atoms with van der Waals surface area (Å²) in [4.78, 5) is 2.26. The molecule has 4 heteroatoms. The van der Waals surface area contributed by atoms with Gasteiger partial charge < -0.3 is 14.2 Å². The minimum Gasteiger partial charge on any atom is -0.378 e. The van der Waals surface area contributed by atoms with Gasteiger partial charge in [0.1, 0.15) is 5.82 Å². The Morgan fingerprint density at radius 3 is 2.76 bits per heavy atom. The van der Waals surface area contributed by atoms with E-state index in [1.165, 1.54) is 6.07 Å². The Morgan fingerprint density at radius 1 is 1.24 bits per heavy atom. The number of hydrogen-bond donors (Lipinski definition) is 0. The number of nitrogens with zero attached hydrogens (tertiary/aromatic N) is 2. The lowest BCUT2D eigenvalue weighted by molar-refractivity contribution is 0.123. The van der Waals surface area contributed by atoms with Crippen LogP contribution in [0, 0.1) is 5.82 Å². The fourth-order valence-electron chi connectivity index (χ4n) is 2.40. The fraction of sp³-hybridized carbons (Fsp3) is 0.385. The quantitative estimate of drug-likeness (QED) is 0.752. The van der Waals surface area contributed by atoms with Crippen LogP contribution in [0.5, 0.6) is 0 Å². The third-order valence-corrected chi connectivity index (χ3v) is 3.28. The number of anilines is 1. The number of rotatable bonds is 1. The molecular weight excluding hydrogens is 219 g/mol. The Labute approximate surface area is 99.4 Å². The molecule has 1 fully saturated rings. The monoisotopic (exact) mass is 234 g/mol. The van der Waals surface area contributed by atoms with Gasteiger partial charge in [-0.15, -0.1) is 0 Å². The number of fused-ring (bicyclic) bond motifs is 1. The summed E-state index contributed by atoms with van der Waals surface area (Å²) < 4.78 is 20.7. The topological polar surface area (TPSA) is 17.4 Å². The summed E-state index contributed by atoms with van der Waals surface area (Å²) in [6.07, 6.45) is 2.06. The van der Waals surface area contributed by atoms with E-state index in [1.54, 1.807) is 6.07 Å². The van der Waals surface area contributed by atoms with Gasteiger partial charge in [-0.3, -0.25) is 0 Å². The molecule has 0 amide bonds. The zero-order chi connectivity index (χ0) is 11.8. The maximum Gasteiger partial charge on any atom is 0.124 e. The van der Waals surface area contributed by atoms with Crippen molar-refractivity contribution >= 4 is 16.6 Å². The molecule has 17 heavy (non-hydrogen) atoms. The molecule has 2 aromatic rings. The normalized spacial score (nSPS) is 16.7. The van der Waals surface area contributed by atoms with Crippen LogP contribution in [0.15, 0.2) is 24.4 Å². The third-order valence-electron chi connectivity index (χ3n) is 3.28. The van der Waals surface area contributed by atoms with Crippen LogP contribution < -0.4 is 4.90 Å². The summed E-state index contributed by atoms with van der Waals surface area (Å²) in [5, 5.41) is 0.981. The molecule has 3 rings (SSSR count). The van der Waals surface area contributed by atoms with Crippen LogP contribution in [-0.4, -0.2) is 30.9 Å². The highest BCUT2D eigenvalue weighted by Gasteiger charge is 2.16. The lowest BCUT2D eigenvalue weighted by atomic mass is 10.2. The molecule has 0 spiro atoms. The second-order valence-corrected chi connectivity index (χ2v) is 4.39. The van der Waals surface area contributed by atoms with E-state index in [0.29, 0.717) is 0 Å². The summed E-state index contributed by atoms with van der Waals surface area (Å²) in [5.41, 5.74) is 2.16. The van der Waals surface area contributed by atoms with Crippen LogP contribution in [0.1, 0.15) is 0 Å². The standard InChI is InChI=1S/C13H15FN2O/c1-15-9-13(16-4-6-17-7-5-16)11-8-10(14)2-3-12(11)15/h2-3,8-9H,4-7H2,1H3. The van der Waals surface area contributed by atoms with E-state index in [2.05, 4.69) is 11.1 Å². The first-order chi connectivity index (χ1) is 8.25. The minimum atomic E-state index is -0.182. The van der Waals surface area contributed by atoms with Gasteiger partial charge in [-0.1, -0.05) is 0 Å². The zero-order valence-electron chi connectivity index (χ0n) is 9.82. The summed E-state index contributed by atoms with van der Waals surface area (Å²) in [6.45, 7) is 3.22. The number of morpholine rings is 1. The maximum atomic E-state index is 13.3. The highest BCUT2D eigenvalue weighted by Crippen LogP contribution is 2.29. The van der Waals surface area contributed by atoms with Crippen LogP contribution in [0.25, 0.3) is 10.9 Å². The number of aromatic nitrogens is 1. The molecule has 1 aliphatic rings. The average molecular weight is 234 g/mol. The Bertz CT molecular complexity index is 544. The predicted octanol–water partition coefficient (Wildman–Crippen LogP) is 2.15. The van der Waals surface area contributed by atoms with E-state index in [9.17, 15) is 4.39 Å². The van der Waals surface area contributed by atoms with E-state index >= 15 is 0 Å². The van der Waals surface area contributed by atoms with Crippen LogP contribution in [0.4, 0.5) is 10.1 Å². The number of ether oxygens (including phenoxy) is 1. The predicted molar refractivity (Wildman–Crippen MR) is 65.9 cm³/mol. The van der Waals surface area contributed by atoms with Crippen molar-refractivity contribution in [3.63, 3.8) is 0 Å². The van der Waals surface area contributed by atoms with Gasteiger partial charge in [0.05, 0.1) is 24.4 Å². The van der Waals surface area contributed by atoms with Crippen molar-refractivity contribution in [1.82, 2.24) is 4.57 Å². The number of halogens is 1. The van der Waals surface area contributed by atoms with Crippen molar-refractivity contribution in [3.8, 4) is 0 Å². The molecule has 3 nitrogen and oxygen atoms in total. The van der Waals surface area contributed by atoms with Crippen molar-refractivity contribution in [2.24, 2.45) is 7.05 Å². The average Bonchev–Trinajstić information content (AvgIpc) is 2.67. The molecule has 1 aromatic carbocycles. The molecule has 0 saturated carbocycles. The Morgan fingerprint density at radius 2 is 2.00 bits per heavy atom. The SMILES string of the molecule is Cn1cc(N2CCOCC2)c2cc(F)ccc21. The van der Waals surface area contributed by atoms with Crippen molar-refractivity contribution in [3.05, 3.63) is 30.2 Å². The van der Waals surface area contributed by atoms with Crippen molar-refractivity contribution < 1.29 is 9.13 Å². The minimum absolute atomic E-state index is 0.182. The summed E-state index contributed by atoms with van der Waals surface area (Å²) in [6, 6.07) is 4.94. The number of aryl methyl sites for hydroxylation is 1. The molecule has 0 unspecified atom stereocenters. The molecule has 0 aliphatic carbocycles. The van der Waals surface area contributed by atoms with E-state index in [-0.39, 0.29) is 5.82 Å². The van der Waals surface area contributed by atoms with E-state index < -0.39 is 0 Å². The first kappa shape index (κ1) is 10.6. The lowest BCUT2D eigenvalue weighted by Crippen LogP contribution is -2.36. The Hall–Kier alpha value is -1.55.